The smallest absolute Gasteiger partial charge is 0.224 e. The van der Waals surface area contributed by atoms with Gasteiger partial charge in [-0.25, -0.2) is 4.98 Å². The Morgan fingerprint density at radius 2 is 2.24 bits per heavy atom. The van der Waals surface area contributed by atoms with Gasteiger partial charge in [-0.05, 0) is 38.3 Å². The van der Waals surface area contributed by atoms with Crippen molar-refractivity contribution in [3.05, 3.63) is 35.9 Å². The van der Waals surface area contributed by atoms with Crippen LogP contribution in [0, 0.1) is 6.92 Å². The van der Waals surface area contributed by atoms with Gasteiger partial charge < -0.3 is 14.6 Å². The van der Waals surface area contributed by atoms with Gasteiger partial charge in [0.25, 0.3) is 0 Å². The molecule has 1 aliphatic rings. The van der Waals surface area contributed by atoms with E-state index in [0.29, 0.717) is 6.04 Å². The molecule has 1 N–H and O–H groups in total. The number of hydrogen-bond donors (Lipinski definition) is 1. The van der Waals surface area contributed by atoms with Crippen molar-refractivity contribution < 1.29 is 4.42 Å². The first-order valence-electron chi connectivity index (χ1n) is 7.65. The minimum absolute atomic E-state index is 0.573. The first-order chi connectivity index (χ1) is 10.3. The number of rotatable bonds is 7. The third-order valence-corrected chi connectivity index (χ3v) is 3.56. The lowest BCUT2D eigenvalue weighted by molar-refractivity contribution is 0.500. The zero-order valence-electron chi connectivity index (χ0n) is 12.7. The highest BCUT2D eigenvalue weighted by molar-refractivity contribution is 5.47. The average molecular weight is 286 g/mol. The Labute approximate surface area is 125 Å². The van der Waals surface area contributed by atoms with E-state index in [1.807, 2.05) is 19.1 Å². The monoisotopic (exact) mass is 286 g/mol. The van der Waals surface area contributed by atoms with Gasteiger partial charge in [0.1, 0.15) is 11.6 Å². The summed E-state index contributed by atoms with van der Waals surface area (Å²) in [5.41, 5.74) is 0.990. The second-order valence-electron chi connectivity index (χ2n) is 5.56. The van der Waals surface area contributed by atoms with Crippen LogP contribution in [0.15, 0.2) is 28.9 Å². The molecule has 5 heteroatoms. The lowest BCUT2D eigenvalue weighted by Gasteiger charge is -2.23. The summed E-state index contributed by atoms with van der Waals surface area (Å²) < 4.78 is 5.49. The summed E-state index contributed by atoms with van der Waals surface area (Å²) in [5.74, 6) is 2.68. The van der Waals surface area contributed by atoms with Crippen LogP contribution in [0.4, 0.5) is 11.8 Å². The van der Waals surface area contributed by atoms with E-state index in [9.17, 15) is 0 Å². The molecule has 1 fully saturated rings. The number of furan rings is 1. The molecular weight excluding hydrogens is 264 g/mol. The Morgan fingerprint density at radius 1 is 1.38 bits per heavy atom. The minimum Gasteiger partial charge on any atom is -0.467 e. The topological polar surface area (TPSA) is 54.2 Å². The highest BCUT2D eigenvalue weighted by Crippen LogP contribution is 2.32. The lowest BCUT2D eigenvalue weighted by Crippen LogP contribution is -2.26. The fourth-order valence-corrected chi connectivity index (χ4v) is 2.37. The van der Waals surface area contributed by atoms with Crippen LogP contribution < -0.4 is 10.2 Å². The van der Waals surface area contributed by atoms with Gasteiger partial charge in [0.15, 0.2) is 0 Å². The van der Waals surface area contributed by atoms with E-state index < -0.39 is 0 Å². The quantitative estimate of drug-likeness (QED) is 0.845. The maximum Gasteiger partial charge on any atom is 0.224 e. The van der Waals surface area contributed by atoms with E-state index in [2.05, 4.69) is 33.2 Å². The highest BCUT2D eigenvalue weighted by Gasteiger charge is 2.31. The van der Waals surface area contributed by atoms with Gasteiger partial charge in [0.2, 0.25) is 5.95 Å². The van der Waals surface area contributed by atoms with E-state index >= 15 is 0 Å². The Hall–Kier alpha value is -2.04. The van der Waals surface area contributed by atoms with E-state index in [1.54, 1.807) is 6.26 Å². The summed E-state index contributed by atoms with van der Waals surface area (Å²) in [7, 11) is 0. The fourth-order valence-electron chi connectivity index (χ4n) is 2.37. The van der Waals surface area contributed by atoms with Crippen LogP contribution in [0.2, 0.25) is 0 Å². The maximum atomic E-state index is 5.49. The van der Waals surface area contributed by atoms with Crippen LogP contribution in [-0.4, -0.2) is 22.6 Å². The zero-order valence-corrected chi connectivity index (χ0v) is 12.7. The molecule has 0 spiro atoms. The van der Waals surface area contributed by atoms with Crippen LogP contribution in [0.1, 0.15) is 37.6 Å². The largest absolute Gasteiger partial charge is 0.467 e. The Bertz CT molecular complexity index is 578. The van der Waals surface area contributed by atoms with Crippen molar-refractivity contribution in [2.75, 3.05) is 16.8 Å². The lowest BCUT2D eigenvalue weighted by atomic mass is 10.3. The number of hydrogen-bond acceptors (Lipinski definition) is 5. The molecule has 3 rings (SSSR count). The fraction of sp³-hybridized carbons (Fsp3) is 0.500. The molecule has 0 bridgehead atoms. The molecule has 0 atom stereocenters. The molecule has 0 amide bonds. The third kappa shape index (κ3) is 3.54. The average Bonchev–Trinajstić information content (AvgIpc) is 3.18. The number of anilines is 2. The van der Waals surface area contributed by atoms with Crippen molar-refractivity contribution >= 4 is 11.8 Å². The standard InChI is InChI=1S/C16H22N4O/c1-3-8-17-16-18-12(2)10-15(19-16)20(13-6-7-13)11-14-5-4-9-21-14/h4-5,9-10,13H,3,6-8,11H2,1-2H3,(H,17,18,19). The summed E-state index contributed by atoms with van der Waals surface area (Å²) in [5, 5.41) is 3.28. The molecule has 0 radical (unpaired) electrons. The number of nitrogens with zero attached hydrogens (tertiary/aromatic N) is 3. The molecule has 0 saturated heterocycles. The van der Waals surface area contributed by atoms with Gasteiger partial charge in [0.05, 0.1) is 12.8 Å². The Morgan fingerprint density at radius 3 is 2.90 bits per heavy atom. The first kappa shape index (κ1) is 13.9. The third-order valence-electron chi connectivity index (χ3n) is 3.56. The summed E-state index contributed by atoms with van der Waals surface area (Å²) >= 11 is 0. The number of nitrogens with one attached hydrogen (secondary N) is 1. The van der Waals surface area contributed by atoms with Gasteiger partial charge >= 0.3 is 0 Å². The molecule has 2 heterocycles. The molecule has 5 nitrogen and oxygen atoms in total. The minimum atomic E-state index is 0.573. The molecule has 1 aliphatic carbocycles. The van der Waals surface area contributed by atoms with Crippen molar-refractivity contribution in [3.8, 4) is 0 Å². The SMILES string of the molecule is CCCNc1nc(C)cc(N(Cc2ccco2)C2CC2)n1. The van der Waals surface area contributed by atoms with Crippen LogP contribution >= 0.6 is 0 Å². The zero-order chi connectivity index (χ0) is 14.7. The maximum absolute atomic E-state index is 5.49. The summed E-state index contributed by atoms with van der Waals surface area (Å²) in [4.78, 5) is 11.5. The van der Waals surface area contributed by atoms with Gasteiger partial charge in [0, 0.05) is 24.3 Å². The summed E-state index contributed by atoms with van der Waals surface area (Å²) in [6.07, 6.45) is 5.23. The van der Waals surface area contributed by atoms with E-state index in [4.69, 9.17) is 4.42 Å². The van der Waals surface area contributed by atoms with Crippen LogP contribution in [0.25, 0.3) is 0 Å². The van der Waals surface area contributed by atoms with Gasteiger partial charge in [-0.15, -0.1) is 0 Å². The Balaban J connectivity index is 1.82. The molecule has 0 aliphatic heterocycles. The highest BCUT2D eigenvalue weighted by atomic mass is 16.3. The molecule has 2 aromatic heterocycles. The number of aromatic nitrogens is 2. The normalized spacial score (nSPS) is 14.2. The van der Waals surface area contributed by atoms with E-state index in [-0.39, 0.29) is 0 Å². The van der Waals surface area contributed by atoms with Gasteiger partial charge in [-0.3, -0.25) is 0 Å². The molecule has 21 heavy (non-hydrogen) atoms. The summed E-state index contributed by atoms with van der Waals surface area (Å²) in [6, 6.07) is 6.57. The second kappa shape index (κ2) is 6.16. The molecular formula is C16H22N4O. The van der Waals surface area contributed by atoms with Crippen molar-refractivity contribution in [2.24, 2.45) is 0 Å². The van der Waals surface area contributed by atoms with E-state index in [0.717, 1.165) is 42.7 Å². The van der Waals surface area contributed by atoms with Crippen molar-refractivity contribution in [3.63, 3.8) is 0 Å². The van der Waals surface area contributed by atoms with E-state index in [1.165, 1.54) is 12.8 Å². The second-order valence-corrected chi connectivity index (χ2v) is 5.56. The van der Waals surface area contributed by atoms with Crippen molar-refractivity contribution in [1.29, 1.82) is 0 Å². The molecule has 2 aromatic rings. The van der Waals surface area contributed by atoms with Crippen molar-refractivity contribution in [1.82, 2.24) is 9.97 Å². The molecule has 0 unspecified atom stereocenters. The van der Waals surface area contributed by atoms with Gasteiger partial charge in [-0.1, -0.05) is 6.92 Å². The van der Waals surface area contributed by atoms with Crippen LogP contribution in [0.3, 0.4) is 0 Å². The first-order valence-corrected chi connectivity index (χ1v) is 7.65. The van der Waals surface area contributed by atoms with Crippen LogP contribution in [0.5, 0.6) is 0 Å². The predicted molar refractivity (Wildman–Crippen MR) is 83.5 cm³/mol. The van der Waals surface area contributed by atoms with Gasteiger partial charge in [-0.2, -0.15) is 4.98 Å². The van der Waals surface area contributed by atoms with Crippen molar-refractivity contribution in [2.45, 2.75) is 45.7 Å². The predicted octanol–water partition coefficient (Wildman–Crippen LogP) is 3.37. The molecule has 0 aromatic carbocycles. The van der Waals surface area contributed by atoms with Crippen LogP contribution in [-0.2, 0) is 6.54 Å². The molecule has 1 saturated carbocycles. The summed E-state index contributed by atoms with van der Waals surface area (Å²) in [6.45, 7) is 5.81. The number of aryl methyl sites for hydroxylation is 1. The Kier molecular flexibility index (Phi) is 4.08. The molecule has 112 valence electrons.